The number of carbonyl (C=O) groups is 1. The second kappa shape index (κ2) is 9.44. The highest BCUT2D eigenvalue weighted by Crippen LogP contribution is 2.18. The molecule has 0 aliphatic heterocycles. The standard InChI is InChI=1S/C22H20N6O2/c29-22(15-30-14-17-5-2-1-3-6-17)27-19-9-7-18(8-10-19)26-20-13-21(24-16-23-20)28-12-4-11-25-28/h1-13,16H,14-15H2,(H,27,29)(H,23,24,26). The molecule has 2 N–H and O–H groups in total. The Balaban J connectivity index is 1.29. The first-order valence-electron chi connectivity index (χ1n) is 9.37. The number of hydrogen-bond acceptors (Lipinski definition) is 6. The predicted molar refractivity (Wildman–Crippen MR) is 114 cm³/mol. The van der Waals surface area contributed by atoms with Crippen molar-refractivity contribution in [2.24, 2.45) is 0 Å². The van der Waals surface area contributed by atoms with E-state index < -0.39 is 0 Å². The molecule has 2 aromatic heterocycles. The third-order valence-corrected chi connectivity index (χ3v) is 4.18. The molecule has 0 spiro atoms. The van der Waals surface area contributed by atoms with Crippen LogP contribution in [0.5, 0.6) is 0 Å². The number of amides is 1. The minimum atomic E-state index is -0.202. The highest BCUT2D eigenvalue weighted by Gasteiger charge is 2.05. The van der Waals surface area contributed by atoms with Crippen LogP contribution in [0, 0.1) is 0 Å². The molecule has 4 rings (SSSR count). The molecule has 0 saturated heterocycles. The molecule has 2 aromatic carbocycles. The molecule has 30 heavy (non-hydrogen) atoms. The first-order valence-corrected chi connectivity index (χ1v) is 9.37. The largest absolute Gasteiger partial charge is 0.367 e. The van der Waals surface area contributed by atoms with E-state index in [1.165, 1.54) is 6.33 Å². The molecule has 0 saturated carbocycles. The van der Waals surface area contributed by atoms with Gasteiger partial charge in [0.2, 0.25) is 5.91 Å². The summed E-state index contributed by atoms with van der Waals surface area (Å²) in [6.07, 6.45) is 4.98. The van der Waals surface area contributed by atoms with Gasteiger partial charge in [0.25, 0.3) is 0 Å². The summed E-state index contributed by atoms with van der Waals surface area (Å²) < 4.78 is 7.11. The topological polar surface area (TPSA) is 94.0 Å². The van der Waals surface area contributed by atoms with E-state index in [9.17, 15) is 4.79 Å². The van der Waals surface area contributed by atoms with E-state index in [-0.39, 0.29) is 12.5 Å². The third kappa shape index (κ3) is 5.27. The van der Waals surface area contributed by atoms with Crippen molar-refractivity contribution >= 4 is 23.1 Å². The van der Waals surface area contributed by atoms with Crippen LogP contribution >= 0.6 is 0 Å². The molecule has 0 aliphatic rings. The number of benzene rings is 2. The van der Waals surface area contributed by atoms with Gasteiger partial charge in [-0.15, -0.1) is 0 Å². The smallest absolute Gasteiger partial charge is 0.250 e. The Hall–Kier alpha value is -4.04. The highest BCUT2D eigenvalue weighted by atomic mass is 16.5. The van der Waals surface area contributed by atoms with Crippen LogP contribution in [0.15, 0.2) is 85.5 Å². The van der Waals surface area contributed by atoms with Crippen molar-refractivity contribution in [2.45, 2.75) is 6.61 Å². The molecule has 0 fully saturated rings. The minimum Gasteiger partial charge on any atom is -0.367 e. The second-order valence-electron chi connectivity index (χ2n) is 6.44. The molecule has 4 aromatic rings. The van der Waals surface area contributed by atoms with Gasteiger partial charge in [-0.25, -0.2) is 14.6 Å². The van der Waals surface area contributed by atoms with Gasteiger partial charge in [-0.3, -0.25) is 4.79 Å². The van der Waals surface area contributed by atoms with E-state index in [1.807, 2.05) is 66.9 Å². The molecule has 0 bridgehead atoms. The molecule has 1 amide bonds. The molecule has 2 heterocycles. The zero-order valence-electron chi connectivity index (χ0n) is 16.1. The molecule has 0 atom stereocenters. The lowest BCUT2D eigenvalue weighted by Crippen LogP contribution is -2.18. The summed E-state index contributed by atoms with van der Waals surface area (Å²) in [5, 5.41) is 10.2. The van der Waals surface area contributed by atoms with Crippen molar-refractivity contribution in [3.8, 4) is 5.82 Å². The van der Waals surface area contributed by atoms with Crippen LogP contribution in [-0.4, -0.2) is 32.3 Å². The molecular formula is C22H20N6O2. The first-order chi connectivity index (χ1) is 14.8. The maximum Gasteiger partial charge on any atom is 0.250 e. The van der Waals surface area contributed by atoms with Crippen molar-refractivity contribution in [2.75, 3.05) is 17.2 Å². The Morgan fingerprint density at radius 3 is 2.53 bits per heavy atom. The van der Waals surface area contributed by atoms with E-state index in [2.05, 4.69) is 25.7 Å². The number of nitrogens with one attached hydrogen (secondary N) is 2. The van der Waals surface area contributed by atoms with Gasteiger partial charge in [0.15, 0.2) is 5.82 Å². The number of aromatic nitrogens is 4. The summed E-state index contributed by atoms with van der Waals surface area (Å²) in [4.78, 5) is 20.5. The molecule has 150 valence electrons. The average Bonchev–Trinajstić information content (AvgIpc) is 3.31. The SMILES string of the molecule is O=C(COCc1ccccc1)Nc1ccc(Nc2cc(-n3cccn3)ncn2)cc1. The first kappa shape index (κ1) is 19.3. The van der Waals surface area contributed by atoms with Gasteiger partial charge in [-0.05, 0) is 35.9 Å². The third-order valence-electron chi connectivity index (χ3n) is 4.18. The van der Waals surface area contributed by atoms with Gasteiger partial charge in [-0.2, -0.15) is 5.10 Å². The Kier molecular flexibility index (Phi) is 6.07. The van der Waals surface area contributed by atoms with E-state index in [4.69, 9.17) is 4.74 Å². The average molecular weight is 400 g/mol. The van der Waals surface area contributed by atoms with Gasteiger partial charge in [-0.1, -0.05) is 30.3 Å². The number of rotatable bonds is 8. The summed E-state index contributed by atoms with van der Waals surface area (Å²) in [6, 6.07) is 20.7. The monoisotopic (exact) mass is 400 g/mol. The number of hydrogen-bond donors (Lipinski definition) is 2. The highest BCUT2D eigenvalue weighted by molar-refractivity contribution is 5.91. The van der Waals surface area contributed by atoms with Crippen LogP contribution in [0.25, 0.3) is 5.82 Å². The number of ether oxygens (including phenoxy) is 1. The summed E-state index contributed by atoms with van der Waals surface area (Å²) in [5.41, 5.74) is 2.55. The maximum absolute atomic E-state index is 12.1. The fourth-order valence-electron chi connectivity index (χ4n) is 2.76. The van der Waals surface area contributed by atoms with E-state index in [0.717, 1.165) is 11.3 Å². The van der Waals surface area contributed by atoms with Gasteiger partial charge in [0.05, 0.1) is 6.61 Å². The van der Waals surface area contributed by atoms with Crippen LogP contribution < -0.4 is 10.6 Å². The predicted octanol–water partition coefficient (Wildman–Crippen LogP) is 3.56. The minimum absolute atomic E-state index is 0.00790. The molecular weight excluding hydrogens is 380 g/mol. The van der Waals surface area contributed by atoms with E-state index in [0.29, 0.717) is 23.9 Å². The lowest BCUT2D eigenvalue weighted by molar-refractivity contribution is -0.121. The number of carbonyl (C=O) groups excluding carboxylic acids is 1. The molecule has 8 nitrogen and oxygen atoms in total. The summed E-state index contributed by atoms with van der Waals surface area (Å²) in [7, 11) is 0. The molecule has 8 heteroatoms. The van der Waals surface area contributed by atoms with Crippen LogP contribution in [0.2, 0.25) is 0 Å². The van der Waals surface area contributed by atoms with Gasteiger partial charge in [0.1, 0.15) is 18.8 Å². The zero-order chi connectivity index (χ0) is 20.6. The summed E-state index contributed by atoms with van der Waals surface area (Å²) in [5.74, 6) is 1.10. The van der Waals surface area contributed by atoms with Crippen molar-refractivity contribution in [3.63, 3.8) is 0 Å². The Morgan fingerprint density at radius 2 is 1.77 bits per heavy atom. The van der Waals surface area contributed by atoms with Crippen molar-refractivity contribution in [1.82, 2.24) is 19.7 Å². The lowest BCUT2D eigenvalue weighted by atomic mass is 10.2. The number of nitrogens with zero attached hydrogens (tertiary/aromatic N) is 4. The van der Waals surface area contributed by atoms with Gasteiger partial charge >= 0.3 is 0 Å². The Bertz CT molecular complexity index is 1080. The van der Waals surface area contributed by atoms with E-state index >= 15 is 0 Å². The molecule has 0 unspecified atom stereocenters. The normalized spacial score (nSPS) is 10.5. The Labute approximate surface area is 173 Å². The number of anilines is 3. The quantitative estimate of drug-likeness (QED) is 0.470. The second-order valence-corrected chi connectivity index (χ2v) is 6.44. The van der Waals surface area contributed by atoms with Gasteiger partial charge in [0, 0.05) is 29.8 Å². The maximum atomic E-state index is 12.1. The molecule has 0 radical (unpaired) electrons. The lowest BCUT2D eigenvalue weighted by Gasteiger charge is -2.09. The van der Waals surface area contributed by atoms with Crippen LogP contribution in [0.3, 0.4) is 0 Å². The van der Waals surface area contributed by atoms with Crippen molar-refractivity contribution in [3.05, 3.63) is 91.0 Å². The van der Waals surface area contributed by atoms with Crippen molar-refractivity contribution in [1.29, 1.82) is 0 Å². The van der Waals surface area contributed by atoms with E-state index in [1.54, 1.807) is 16.9 Å². The molecule has 0 aliphatic carbocycles. The fraction of sp³-hybridized carbons (Fsp3) is 0.0909. The van der Waals surface area contributed by atoms with Crippen molar-refractivity contribution < 1.29 is 9.53 Å². The van der Waals surface area contributed by atoms with Crippen LogP contribution in [0.1, 0.15) is 5.56 Å². The van der Waals surface area contributed by atoms with Gasteiger partial charge < -0.3 is 15.4 Å². The van der Waals surface area contributed by atoms with Crippen LogP contribution in [0.4, 0.5) is 17.2 Å². The zero-order valence-corrected chi connectivity index (χ0v) is 16.1. The summed E-state index contributed by atoms with van der Waals surface area (Å²) >= 11 is 0. The summed E-state index contributed by atoms with van der Waals surface area (Å²) in [6.45, 7) is 0.391. The Morgan fingerprint density at radius 1 is 0.967 bits per heavy atom. The van der Waals surface area contributed by atoms with Crippen LogP contribution in [-0.2, 0) is 16.1 Å². The fourth-order valence-corrected chi connectivity index (χ4v) is 2.76.